The highest BCUT2D eigenvalue weighted by Crippen LogP contribution is 1.92. The molecule has 14 heavy (non-hydrogen) atoms. The van der Waals surface area contributed by atoms with E-state index >= 15 is 0 Å². The first-order valence-corrected chi connectivity index (χ1v) is 3.63. The number of cyclic esters (lactones) is 2. The first-order chi connectivity index (χ1) is 6.06. The minimum Gasteiger partial charge on any atom is -0.387 e. The van der Waals surface area contributed by atoms with Crippen molar-refractivity contribution in [2.75, 3.05) is 0 Å². The minimum absolute atomic E-state index is 0. The average Bonchev–Trinajstić information content (AvgIpc) is 2.35. The van der Waals surface area contributed by atoms with Gasteiger partial charge in [-0.25, -0.2) is 9.59 Å². The van der Waals surface area contributed by atoms with Crippen LogP contribution in [0.2, 0.25) is 0 Å². The number of carbonyl (C=O) groups excluding carboxylic acids is 3. The molecule has 0 aromatic carbocycles. The van der Waals surface area contributed by atoms with Crippen molar-refractivity contribution >= 4 is 17.7 Å². The molecule has 4 nitrogen and oxygen atoms in total. The fourth-order valence-corrected chi connectivity index (χ4v) is 0.538. The van der Waals surface area contributed by atoms with E-state index in [1.807, 2.05) is 6.92 Å². The van der Waals surface area contributed by atoms with E-state index in [9.17, 15) is 14.4 Å². The van der Waals surface area contributed by atoms with Crippen molar-refractivity contribution in [1.29, 1.82) is 0 Å². The maximum Gasteiger partial charge on any atom is 0.338 e. The van der Waals surface area contributed by atoms with Crippen molar-refractivity contribution in [1.82, 2.24) is 0 Å². The number of hydrogen-bond acceptors (Lipinski definition) is 4. The Bertz CT molecular complexity index is 258. The summed E-state index contributed by atoms with van der Waals surface area (Å²) < 4.78 is 3.97. The van der Waals surface area contributed by atoms with Crippen LogP contribution in [-0.4, -0.2) is 17.7 Å². The van der Waals surface area contributed by atoms with E-state index in [0.29, 0.717) is 0 Å². The highest BCUT2D eigenvalue weighted by atomic mass is 16.6. The van der Waals surface area contributed by atoms with Crippen LogP contribution in [0.15, 0.2) is 24.3 Å². The Morgan fingerprint density at radius 1 is 1.29 bits per heavy atom. The molecule has 0 aromatic rings. The van der Waals surface area contributed by atoms with Gasteiger partial charge in [0, 0.05) is 12.2 Å². The number of hydrogen-bond donors (Lipinski definition) is 0. The molecule has 0 saturated heterocycles. The summed E-state index contributed by atoms with van der Waals surface area (Å²) in [5.41, 5.74) is 0. The number of ketones is 1. The number of esters is 2. The molecule has 78 valence electrons. The maximum absolute atomic E-state index is 9.96. The molecule has 0 radical (unpaired) electrons. The lowest BCUT2D eigenvalue weighted by molar-refractivity contribution is -0.150. The predicted octanol–water partition coefficient (Wildman–Crippen LogP) is 1.41. The molecule has 0 fully saturated rings. The Labute approximate surface area is 83.2 Å². The second-order valence-corrected chi connectivity index (χ2v) is 2.18. The lowest BCUT2D eigenvalue weighted by Gasteiger charge is -1.80. The molecule has 0 aromatic heterocycles. The largest absolute Gasteiger partial charge is 0.387 e. The molecule has 0 atom stereocenters. The topological polar surface area (TPSA) is 60.4 Å². The van der Waals surface area contributed by atoms with E-state index in [1.165, 1.54) is 13.0 Å². The van der Waals surface area contributed by atoms with Crippen molar-refractivity contribution in [3.8, 4) is 0 Å². The van der Waals surface area contributed by atoms with Crippen molar-refractivity contribution in [3.63, 3.8) is 0 Å². The van der Waals surface area contributed by atoms with Crippen LogP contribution in [0.25, 0.3) is 0 Å². The second kappa shape index (κ2) is 7.91. The Balaban J connectivity index is 0. The average molecular weight is 198 g/mol. The monoisotopic (exact) mass is 198 g/mol. The summed E-state index contributed by atoms with van der Waals surface area (Å²) >= 11 is 0. The molecule has 0 bridgehead atoms. The standard InChI is InChI=1S/C5H8O.C4H2O3.CH4/c1-3-4-5(2)6;5-3-1-2-4(6)7-3;/h3-4H,1-2H3;1-2H;1H4. The van der Waals surface area contributed by atoms with Gasteiger partial charge in [-0.3, -0.25) is 4.79 Å². The van der Waals surface area contributed by atoms with Gasteiger partial charge in [0.05, 0.1) is 0 Å². The summed E-state index contributed by atoms with van der Waals surface area (Å²) in [6, 6.07) is 0. The summed E-state index contributed by atoms with van der Waals surface area (Å²) in [5, 5.41) is 0. The second-order valence-electron chi connectivity index (χ2n) is 2.18. The van der Waals surface area contributed by atoms with Gasteiger partial charge in [-0.05, 0) is 19.9 Å². The molecule has 1 aliphatic heterocycles. The van der Waals surface area contributed by atoms with Crippen LogP contribution in [0.4, 0.5) is 0 Å². The van der Waals surface area contributed by atoms with Crippen molar-refractivity contribution < 1.29 is 19.1 Å². The highest BCUT2D eigenvalue weighted by molar-refractivity contribution is 6.04. The molecule has 0 amide bonds. The summed E-state index contributed by atoms with van der Waals surface area (Å²) in [6.07, 6.45) is 5.42. The molecule has 1 aliphatic rings. The van der Waals surface area contributed by atoms with Gasteiger partial charge in [0.15, 0.2) is 5.78 Å². The van der Waals surface area contributed by atoms with Gasteiger partial charge in [-0.15, -0.1) is 0 Å². The van der Waals surface area contributed by atoms with Gasteiger partial charge in [0.2, 0.25) is 0 Å². The smallest absolute Gasteiger partial charge is 0.338 e. The maximum atomic E-state index is 9.96. The summed E-state index contributed by atoms with van der Waals surface area (Å²) in [5.74, 6) is -1.05. The van der Waals surface area contributed by atoms with E-state index in [1.54, 1.807) is 6.08 Å². The van der Waals surface area contributed by atoms with E-state index < -0.39 is 11.9 Å². The SMILES string of the molecule is C.CC=CC(C)=O.O=C1C=CC(=O)O1. The highest BCUT2D eigenvalue weighted by Gasteiger charge is 2.10. The third-order valence-electron chi connectivity index (χ3n) is 0.958. The van der Waals surface area contributed by atoms with Crippen LogP contribution < -0.4 is 0 Å². The molecule has 4 heteroatoms. The Morgan fingerprint density at radius 2 is 1.71 bits per heavy atom. The number of rotatable bonds is 1. The van der Waals surface area contributed by atoms with Gasteiger partial charge < -0.3 is 4.74 Å². The molecule has 0 spiro atoms. The molecule has 1 rings (SSSR count). The van der Waals surface area contributed by atoms with Crippen molar-refractivity contribution in [3.05, 3.63) is 24.3 Å². The van der Waals surface area contributed by atoms with Gasteiger partial charge in [-0.1, -0.05) is 13.5 Å². The molecular weight excluding hydrogens is 184 g/mol. The van der Waals surface area contributed by atoms with Gasteiger partial charge >= 0.3 is 11.9 Å². The van der Waals surface area contributed by atoms with E-state index in [0.717, 1.165) is 12.2 Å². The fourth-order valence-electron chi connectivity index (χ4n) is 0.538. The quantitative estimate of drug-likeness (QED) is 0.363. The van der Waals surface area contributed by atoms with Crippen molar-refractivity contribution in [2.24, 2.45) is 0 Å². The molecule has 0 unspecified atom stereocenters. The van der Waals surface area contributed by atoms with E-state index in [4.69, 9.17) is 0 Å². The summed E-state index contributed by atoms with van der Waals surface area (Å²) in [4.78, 5) is 29.8. The Kier molecular flexibility index (Phi) is 8.36. The fraction of sp³-hybridized carbons (Fsp3) is 0.300. The zero-order valence-electron chi connectivity index (χ0n) is 7.44. The lowest BCUT2D eigenvalue weighted by atomic mass is 10.4. The third-order valence-corrected chi connectivity index (χ3v) is 0.958. The molecular formula is C10H14O4. The lowest BCUT2D eigenvalue weighted by Crippen LogP contribution is -1.96. The Morgan fingerprint density at radius 3 is 1.79 bits per heavy atom. The van der Waals surface area contributed by atoms with Gasteiger partial charge in [0.1, 0.15) is 0 Å². The molecule has 0 N–H and O–H groups in total. The Hall–Kier alpha value is -1.71. The van der Waals surface area contributed by atoms with Crippen LogP contribution in [0.5, 0.6) is 0 Å². The van der Waals surface area contributed by atoms with Crippen LogP contribution >= 0.6 is 0 Å². The van der Waals surface area contributed by atoms with Crippen LogP contribution in [-0.2, 0) is 19.1 Å². The van der Waals surface area contributed by atoms with E-state index in [2.05, 4.69) is 4.74 Å². The predicted molar refractivity (Wildman–Crippen MR) is 52.5 cm³/mol. The first-order valence-electron chi connectivity index (χ1n) is 3.63. The normalized spacial score (nSPS) is 13.0. The third kappa shape index (κ3) is 8.39. The van der Waals surface area contributed by atoms with Crippen molar-refractivity contribution in [2.45, 2.75) is 21.3 Å². The van der Waals surface area contributed by atoms with Crippen LogP contribution in [0.3, 0.4) is 0 Å². The summed E-state index contributed by atoms with van der Waals surface area (Å²) in [7, 11) is 0. The number of ether oxygens (including phenoxy) is 1. The van der Waals surface area contributed by atoms with Gasteiger partial charge in [-0.2, -0.15) is 0 Å². The van der Waals surface area contributed by atoms with Crippen LogP contribution in [0.1, 0.15) is 21.3 Å². The van der Waals surface area contributed by atoms with Gasteiger partial charge in [0.25, 0.3) is 0 Å². The molecule has 0 saturated carbocycles. The van der Waals surface area contributed by atoms with E-state index in [-0.39, 0.29) is 13.2 Å². The molecule has 1 heterocycles. The zero-order chi connectivity index (χ0) is 10.3. The summed E-state index contributed by atoms with van der Waals surface area (Å²) in [6.45, 7) is 3.35. The number of carbonyl (C=O) groups is 3. The molecule has 0 aliphatic carbocycles. The number of allylic oxidation sites excluding steroid dienone is 2. The minimum atomic E-state index is -0.579. The zero-order valence-corrected chi connectivity index (χ0v) is 7.44. The first kappa shape index (κ1) is 14.8. The van der Waals surface area contributed by atoms with Crippen LogP contribution in [0, 0.1) is 0 Å².